The second-order valence-electron chi connectivity index (χ2n) is 6.24. The van der Waals surface area contributed by atoms with Gasteiger partial charge in [-0.1, -0.05) is 12.1 Å². The third-order valence-corrected chi connectivity index (χ3v) is 4.20. The summed E-state index contributed by atoms with van der Waals surface area (Å²) in [7, 11) is 1.63. The largest absolute Gasteiger partial charge is 0.493 e. The standard InChI is InChI=1S/C22H27N5O2.HI/c1-4-23-22(26-18-9-12-20(28-3)21(15-18)29-5-2)24-16-17-7-10-19(11-8-17)27-14-6-13-25-27;/h6-15H,4-5,16H2,1-3H3,(H2,23,24,26);1H. The smallest absolute Gasteiger partial charge is 0.196 e. The van der Waals surface area contributed by atoms with E-state index < -0.39 is 0 Å². The highest BCUT2D eigenvalue weighted by molar-refractivity contribution is 14.0. The van der Waals surface area contributed by atoms with Crippen LogP contribution in [0.3, 0.4) is 0 Å². The number of guanidine groups is 1. The molecule has 1 heterocycles. The number of aromatic nitrogens is 2. The van der Waals surface area contributed by atoms with Crippen LogP contribution < -0.4 is 20.1 Å². The fourth-order valence-corrected chi connectivity index (χ4v) is 2.81. The number of nitrogens with zero attached hydrogens (tertiary/aromatic N) is 3. The van der Waals surface area contributed by atoms with Crippen molar-refractivity contribution in [1.82, 2.24) is 15.1 Å². The molecule has 0 aliphatic carbocycles. The van der Waals surface area contributed by atoms with Crippen molar-refractivity contribution in [2.24, 2.45) is 4.99 Å². The molecule has 0 saturated heterocycles. The highest BCUT2D eigenvalue weighted by atomic mass is 127. The second-order valence-corrected chi connectivity index (χ2v) is 6.24. The minimum Gasteiger partial charge on any atom is -0.493 e. The van der Waals surface area contributed by atoms with E-state index in [1.54, 1.807) is 13.3 Å². The third kappa shape index (κ3) is 6.38. The first-order valence-electron chi connectivity index (χ1n) is 9.68. The van der Waals surface area contributed by atoms with E-state index in [9.17, 15) is 0 Å². The molecule has 0 aliphatic heterocycles. The predicted octanol–water partition coefficient (Wildman–Crippen LogP) is 4.48. The Hall–Kier alpha value is -2.75. The van der Waals surface area contributed by atoms with Crippen LogP contribution in [0, 0.1) is 0 Å². The summed E-state index contributed by atoms with van der Waals surface area (Å²) >= 11 is 0. The molecule has 0 spiro atoms. The zero-order valence-electron chi connectivity index (χ0n) is 17.5. The van der Waals surface area contributed by atoms with E-state index in [-0.39, 0.29) is 24.0 Å². The van der Waals surface area contributed by atoms with Gasteiger partial charge >= 0.3 is 0 Å². The Morgan fingerprint density at radius 1 is 1.10 bits per heavy atom. The topological polar surface area (TPSA) is 72.7 Å². The molecule has 0 unspecified atom stereocenters. The van der Waals surface area contributed by atoms with E-state index in [1.165, 1.54) is 0 Å². The predicted molar refractivity (Wildman–Crippen MR) is 132 cm³/mol. The van der Waals surface area contributed by atoms with Gasteiger partial charge in [0.05, 0.1) is 25.9 Å². The van der Waals surface area contributed by atoms with Gasteiger partial charge in [0.15, 0.2) is 17.5 Å². The van der Waals surface area contributed by atoms with Crippen LogP contribution in [0.15, 0.2) is 65.9 Å². The molecule has 3 rings (SSSR count). The summed E-state index contributed by atoms with van der Waals surface area (Å²) in [5.74, 6) is 2.11. The van der Waals surface area contributed by atoms with E-state index in [4.69, 9.17) is 9.47 Å². The zero-order valence-corrected chi connectivity index (χ0v) is 19.8. The van der Waals surface area contributed by atoms with Gasteiger partial charge in [0.2, 0.25) is 0 Å². The van der Waals surface area contributed by atoms with Gasteiger partial charge in [-0.25, -0.2) is 9.67 Å². The van der Waals surface area contributed by atoms with Crippen molar-refractivity contribution >= 4 is 35.6 Å². The number of ether oxygens (including phenoxy) is 2. The van der Waals surface area contributed by atoms with Crippen LogP contribution in [0.2, 0.25) is 0 Å². The molecule has 1 aromatic heterocycles. The Morgan fingerprint density at radius 2 is 1.90 bits per heavy atom. The first kappa shape index (κ1) is 23.5. The van der Waals surface area contributed by atoms with Gasteiger partial charge in [-0.15, -0.1) is 24.0 Å². The molecular formula is C22H28IN5O2. The van der Waals surface area contributed by atoms with Crippen molar-refractivity contribution in [3.63, 3.8) is 0 Å². The van der Waals surface area contributed by atoms with Crippen LogP contribution >= 0.6 is 24.0 Å². The average Bonchev–Trinajstić information content (AvgIpc) is 3.28. The van der Waals surface area contributed by atoms with Crippen molar-refractivity contribution in [3.8, 4) is 17.2 Å². The van der Waals surface area contributed by atoms with E-state index >= 15 is 0 Å². The summed E-state index contributed by atoms with van der Waals surface area (Å²) in [5, 5.41) is 10.8. The zero-order chi connectivity index (χ0) is 20.5. The number of methoxy groups -OCH3 is 1. The normalized spacial score (nSPS) is 10.8. The summed E-state index contributed by atoms with van der Waals surface area (Å²) < 4.78 is 12.8. The molecule has 0 bridgehead atoms. The number of anilines is 1. The molecule has 30 heavy (non-hydrogen) atoms. The summed E-state index contributed by atoms with van der Waals surface area (Å²) in [6, 6.07) is 15.8. The molecular weight excluding hydrogens is 493 g/mol. The maximum atomic E-state index is 5.65. The van der Waals surface area contributed by atoms with E-state index in [2.05, 4.69) is 32.9 Å². The third-order valence-electron chi connectivity index (χ3n) is 4.20. The molecule has 7 nitrogen and oxygen atoms in total. The van der Waals surface area contributed by atoms with Gasteiger partial charge in [-0.05, 0) is 49.7 Å². The molecule has 8 heteroatoms. The van der Waals surface area contributed by atoms with Crippen molar-refractivity contribution in [3.05, 3.63) is 66.5 Å². The van der Waals surface area contributed by atoms with Crippen molar-refractivity contribution in [2.45, 2.75) is 20.4 Å². The number of benzene rings is 2. The Bertz CT molecular complexity index is 927. The van der Waals surface area contributed by atoms with Crippen molar-refractivity contribution in [1.29, 1.82) is 0 Å². The van der Waals surface area contributed by atoms with Gasteiger partial charge < -0.3 is 20.1 Å². The quantitative estimate of drug-likeness (QED) is 0.260. The van der Waals surface area contributed by atoms with Gasteiger partial charge in [-0.2, -0.15) is 5.10 Å². The van der Waals surface area contributed by atoms with E-state index in [0.29, 0.717) is 30.6 Å². The Morgan fingerprint density at radius 3 is 2.53 bits per heavy atom. The lowest BCUT2D eigenvalue weighted by Gasteiger charge is -2.14. The lowest BCUT2D eigenvalue weighted by Crippen LogP contribution is -2.30. The Balaban J connectivity index is 0.00000320. The molecule has 0 fully saturated rings. The lowest BCUT2D eigenvalue weighted by molar-refractivity contribution is 0.311. The summed E-state index contributed by atoms with van der Waals surface area (Å²) in [5.41, 5.74) is 3.01. The number of aliphatic imine (C=N–C) groups is 1. The molecule has 160 valence electrons. The summed E-state index contributed by atoms with van der Waals surface area (Å²) in [4.78, 5) is 4.69. The first-order chi connectivity index (χ1) is 14.2. The number of rotatable bonds is 8. The van der Waals surface area contributed by atoms with Crippen molar-refractivity contribution < 1.29 is 9.47 Å². The molecule has 0 saturated carbocycles. The highest BCUT2D eigenvalue weighted by Gasteiger charge is 2.07. The molecule has 0 radical (unpaired) electrons. The number of hydrogen-bond donors (Lipinski definition) is 2. The van der Waals surface area contributed by atoms with Crippen LogP contribution in [0.4, 0.5) is 5.69 Å². The summed E-state index contributed by atoms with van der Waals surface area (Å²) in [6.45, 7) is 5.88. The van der Waals surface area contributed by atoms with Crippen LogP contribution in [-0.4, -0.2) is 36.0 Å². The van der Waals surface area contributed by atoms with Gasteiger partial charge in [0.1, 0.15) is 0 Å². The molecule has 2 N–H and O–H groups in total. The second kappa shape index (κ2) is 12.1. The van der Waals surface area contributed by atoms with Gasteiger partial charge in [0.25, 0.3) is 0 Å². The van der Waals surface area contributed by atoms with Crippen LogP contribution in [0.25, 0.3) is 5.69 Å². The monoisotopic (exact) mass is 521 g/mol. The maximum Gasteiger partial charge on any atom is 0.196 e. The SMILES string of the molecule is CCNC(=NCc1ccc(-n2cccn2)cc1)Nc1ccc(OC)c(OCC)c1.I. The van der Waals surface area contributed by atoms with E-state index in [1.807, 2.05) is 61.1 Å². The van der Waals surface area contributed by atoms with Gasteiger partial charge in [-0.3, -0.25) is 0 Å². The van der Waals surface area contributed by atoms with Crippen molar-refractivity contribution in [2.75, 3.05) is 25.6 Å². The molecule has 3 aromatic rings. The van der Waals surface area contributed by atoms with Crippen LogP contribution in [0.5, 0.6) is 11.5 Å². The minimum absolute atomic E-state index is 0. The number of halogens is 1. The highest BCUT2D eigenvalue weighted by Crippen LogP contribution is 2.30. The number of nitrogens with one attached hydrogen (secondary N) is 2. The molecule has 0 aliphatic rings. The Kier molecular flexibility index (Phi) is 9.46. The fourth-order valence-electron chi connectivity index (χ4n) is 2.81. The van der Waals surface area contributed by atoms with Crippen LogP contribution in [-0.2, 0) is 6.54 Å². The first-order valence-corrected chi connectivity index (χ1v) is 9.68. The Labute approximate surface area is 194 Å². The van der Waals surface area contributed by atoms with E-state index in [0.717, 1.165) is 23.5 Å². The van der Waals surface area contributed by atoms with Crippen LogP contribution in [0.1, 0.15) is 19.4 Å². The molecule has 2 aromatic carbocycles. The number of hydrogen-bond acceptors (Lipinski definition) is 4. The fraction of sp³-hybridized carbons (Fsp3) is 0.273. The molecule has 0 amide bonds. The molecule has 0 atom stereocenters. The maximum absolute atomic E-state index is 5.65. The average molecular weight is 521 g/mol. The van der Waals surface area contributed by atoms with Gasteiger partial charge in [0, 0.05) is 30.7 Å². The minimum atomic E-state index is 0. The lowest BCUT2D eigenvalue weighted by atomic mass is 10.2. The summed E-state index contributed by atoms with van der Waals surface area (Å²) in [6.07, 6.45) is 3.69.